The number of nitro groups is 1. The standard InChI is InChI=1S/C10H4Cl2FN3O3/c11-5-1-6(13)7(16(17)18)2-8(5)19-10-4-14-3-9(12)15-10/h1-4H. The molecule has 0 unspecified atom stereocenters. The summed E-state index contributed by atoms with van der Waals surface area (Å²) < 4.78 is 18.4. The number of halogens is 3. The number of hydrogen-bond donors (Lipinski definition) is 0. The smallest absolute Gasteiger partial charge is 0.308 e. The Morgan fingerprint density at radius 1 is 1.32 bits per heavy atom. The van der Waals surface area contributed by atoms with E-state index in [-0.39, 0.29) is 21.8 Å². The highest BCUT2D eigenvalue weighted by Gasteiger charge is 2.19. The Labute approximate surface area is 115 Å². The minimum Gasteiger partial charge on any atom is -0.436 e. The van der Waals surface area contributed by atoms with Crippen LogP contribution in [0.1, 0.15) is 0 Å². The van der Waals surface area contributed by atoms with Gasteiger partial charge in [-0.2, -0.15) is 9.37 Å². The number of rotatable bonds is 3. The van der Waals surface area contributed by atoms with Gasteiger partial charge < -0.3 is 4.74 Å². The molecule has 98 valence electrons. The van der Waals surface area contributed by atoms with Crippen molar-refractivity contribution in [3.8, 4) is 11.6 Å². The third-order valence-corrected chi connectivity index (χ3v) is 2.47. The van der Waals surface area contributed by atoms with Gasteiger partial charge in [0, 0.05) is 6.07 Å². The lowest BCUT2D eigenvalue weighted by Gasteiger charge is -2.06. The zero-order valence-corrected chi connectivity index (χ0v) is 10.5. The van der Waals surface area contributed by atoms with Crippen molar-refractivity contribution in [3.05, 3.63) is 50.6 Å². The molecule has 0 bridgehead atoms. The van der Waals surface area contributed by atoms with Crippen molar-refractivity contribution < 1.29 is 14.1 Å². The topological polar surface area (TPSA) is 78.2 Å². The van der Waals surface area contributed by atoms with Crippen molar-refractivity contribution in [2.45, 2.75) is 0 Å². The molecule has 0 aliphatic heterocycles. The van der Waals surface area contributed by atoms with Gasteiger partial charge in [0.15, 0.2) is 10.9 Å². The lowest BCUT2D eigenvalue weighted by Crippen LogP contribution is -1.96. The van der Waals surface area contributed by atoms with Crippen LogP contribution >= 0.6 is 23.2 Å². The van der Waals surface area contributed by atoms with Gasteiger partial charge in [-0.1, -0.05) is 23.2 Å². The molecule has 0 spiro atoms. The number of nitro benzene ring substituents is 1. The molecule has 0 amide bonds. The largest absolute Gasteiger partial charge is 0.436 e. The summed E-state index contributed by atoms with van der Waals surface area (Å²) >= 11 is 11.3. The van der Waals surface area contributed by atoms with E-state index >= 15 is 0 Å². The van der Waals surface area contributed by atoms with Gasteiger partial charge in [0.2, 0.25) is 11.7 Å². The summed E-state index contributed by atoms with van der Waals surface area (Å²) in [6, 6.07) is 1.65. The zero-order chi connectivity index (χ0) is 14.0. The fraction of sp³-hybridized carbons (Fsp3) is 0. The van der Waals surface area contributed by atoms with Gasteiger partial charge >= 0.3 is 5.69 Å². The molecule has 0 saturated heterocycles. The average Bonchev–Trinajstić information content (AvgIpc) is 2.32. The summed E-state index contributed by atoms with van der Waals surface area (Å²) in [6.45, 7) is 0. The Morgan fingerprint density at radius 3 is 2.68 bits per heavy atom. The maximum atomic E-state index is 13.3. The van der Waals surface area contributed by atoms with Crippen LogP contribution in [0.3, 0.4) is 0 Å². The number of aromatic nitrogens is 2. The van der Waals surface area contributed by atoms with Crippen LogP contribution in [0, 0.1) is 15.9 Å². The maximum Gasteiger partial charge on any atom is 0.308 e. The van der Waals surface area contributed by atoms with E-state index < -0.39 is 16.4 Å². The fourth-order valence-corrected chi connectivity index (χ4v) is 1.55. The second-order valence-electron chi connectivity index (χ2n) is 3.27. The molecular weight excluding hydrogens is 300 g/mol. The second-order valence-corrected chi connectivity index (χ2v) is 4.07. The monoisotopic (exact) mass is 303 g/mol. The van der Waals surface area contributed by atoms with E-state index in [0.717, 1.165) is 12.1 Å². The fourth-order valence-electron chi connectivity index (χ4n) is 1.22. The minimum absolute atomic E-state index is 0.0182. The van der Waals surface area contributed by atoms with Crippen molar-refractivity contribution in [1.82, 2.24) is 9.97 Å². The van der Waals surface area contributed by atoms with Gasteiger partial charge in [-0.05, 0) is 0 Å². The van der Waals surface area contributed by atoms with Crippen molar-refractivity contribution in [2.75, 3.05) is 0 Å². The summed E-state index contributed by atoms with van der Waals surface area (Å²) in [6.07, 6.45) is 2.51. The molecule has 0 aliphatic rings. The molecule has 1 heterocycles. The van der Waals surface area contributed by atoms with Crippen molar-refractivity contribution in [3.63, 3.8) is 0 Å². The molecule has 0 N–H and O–H groups in total. The third kappa shape index (κ3) is 3.07. The highest BCUT2D eigenvalue weighted by molar-refractivity contribution is 6.32. The summed E-state index contributed by atoms with van der Waals surface area (Å²) in [4.78, 5) is 17.2. The highest BCUT2D eigenvalue weighted by Crippen LogP contribution is 2.34. The molecule has 9 heteroatoms. The normalized spacial score (nSPS) is 10.3. The van der Waals surface area contributed by atoms with Gasteiger partial charge in [0.25, 0.3) is 0 Å². The molecule has 0 saturated carbocycles. The van der Waals surface area contributed by atoms with E-state index in [4.69, 9.17) is 27.9 Å². The molecule has 2 aromatic rings. The van der Waals surface area contributed by atoms with Gasteiger partial charge in [-0.25, -0.2) is 0 Å². The predicted molar refractivity (Wildman–Crippen MR) is 65.2 cm³/mol. The molecule has 0 fully saturated rings. The summed E-state index contributed by atoms with van der Waals surface area (Å²) in [5.74, 6) is -1.19. The molecular formula is C10H4Cl2FN3O3. The molecule has 2 rings (SSSR count). The van der Waals surface area contributed by atoms with Crippen LogP contribution in [0.4, 0.5) is 10.1 Å². The number of ether oxygens (including phenoxy) is 1. The molecule has 0 aliphatic carbocycles. The van der Waals surface area contributed by atoms with Gasteiger partial charge in [0.05, 0.1) is 28.4 Å². The van der Waals surface area contributed by atoms with E-state index in [1.165, 1.54) is 12.4 Å². The highest BCUT2D eigenvalue weighted by atomic mass is 35.5. The van der Waals surface area contributed by atoms with Crippen LogP contribution in [0.5, 0.6) is 11.6 Å². The minimum atomic E-state index is -1.06. The van der Waals surface area contributed by atoms with Crippen LogP contribution < -0.4 is 4.74 Å². The Hall–Kier alpha value is -1.99. The quantitative estimate of drug-likeness (QED) is 0.639. The lowest BCUT2D eigenvalue weighted by molar-refractivity contribution is -0.387. The Kier molecular flexibility index (Phi) is 3.77. The first-order valence-corrected chi connectivity index (χ1v) is 5.52. The van der Waals surface area contributed by atoms with E-state index in [9.17, 15) is 14.5 Å². The van der Waals surface area contributed by atoms with Crippen LogP contribution in [0.25, 0.3) is 0 Å². The van der Waals surface area contributed by atoms with Crippen molar-refractivity contribution >= 4 is 28.9 Å². The van der Waals surface area contributed by atoms with E-state index in [2.05, 4.69) is 9.97 Å². The third-order valence-electron chi connectivity index (χ3n) is 2.00. The average molecular weight is 304 g/mol. The SMILES string of the molecule is O=[N+]([O-])c1cc(Oc2cncc(Cl)n2)c(Cl)cc1F. The first-order valence-electron chi connectivity index (χ1n) is 4.76. The number of hydrogen-bond acceptors (Lipinski definition) is 5. The lowest BCUT2D eigenvalue weighted by atomic mass is 10.3. The Balaban J connectivity index is 2.40. The molecule has 1 aromatic heterocycles. The molecule has 0 atom stereocenters. The molecule has 19 heavy (non-hydrogen) atoms. The zero-order valence-electron chi connectivity index (χ0n) is 9.01. The second kappa shape index (κ2) is 5.33. The van der Waals surface area contributed by atoms with Gasteiger partial charge in [-0.3, -0.25) is 15.1 Å². The van der Waals surface area contributed by atoms with Crippen LogP contribution in [0.2, 0.25) is 10.2 Å². The van der Waals surface area contributed by atoms with Gasteiger partial charge in [-0.15, -0.1) is 0 Å². The van der Waals surface area contributed by atoms with E-state index in [1.807, 2.05) is 0 Å². The first-order chi connectivity index (χ1) is 8.97. The van der Waals surface area contributed by atoms with E-state index in [1.54, 1.807) is 0 Å². The van der Waals surface area contributed by atoms with Crippen molar-refractivity contribution in [2.24, 2.45) is 0 Å². The summed E-state index contributed by atoms with van der Waals surface area (Å²) in [5.41, 5.74) is -0.755. The first kappa shape index (κ1) is 13.4. The maximum absolute atomic E-state index is 13.3. The Morgan fingerprint density at radius 2 is 2.05 bits per heavy atom. The van der Waals surface area contributed by atoms with Crippen LogP contribution in [0.15, 0.2) is 24.5 Å². The van der Waals surface area contributed by atoms with E-state index in [0.29, 0.717) is 0 Å². The molecule has 6 nitrogen and oxygen atoms in total. The predicted octanol–water partition coefficient (Wildman–Crippen LogP) is 3.62. The summed E-state index contributed by atoms with van der Waals surface area (Å²) in [5, 5.41) is 10.5. The van der Waals surface area contributed by atoms with Crippen LogP contribution in [-0.2, 0) is 0 Å². The summed E-state index contributed by atoms with van der Waals surface area (Å²) in [7, 11) is 0. The number of benzene rings is 1. The molecule has 0 radical (unpaired) electrons. The number of nitrogens with zero attached hydrogens (tertiary/aromatic N) is 3. The molecule has 1 aromatic carbocycles. The van der Waals surface area contributed by atoms with Crippen molar-refractivity contribution in [1.29, 1.82) is 0 Å². The van der Waals surface area contributed by atoms with Gasteiger partial charge in [0.1, 0.15) is 0 Å². The van der Waals surface area contributed by atoms with Crippen LogP contribution in [-0.4, -0.2) is 14.9 Å². The Bertz CT molecular complexity index is 654.